The second-order valence-electron chi connectivity index (χ2n) is 3.85. The normalized spacial score (nSPS) is 12.7. The summed E-state index contributed by atoms with van der Waals surface area (Å²) in [7, 11) is 1.70. The van der Waals surface area contributed by atoms with Gasteiger partial charge in [-0.1, -0.05) is 0 Å². The minimum Gasteiger partial charge on any atom is -0.496 e. The van der Waals surface area contributed by atoms with Crippen LogP contribution in [0.1, 0.15) is 35.2 Å². The van der Waals surface area contributed by atoms with Crippen LogP contribution in [0.15, 0.2) is 6.07 Å². The first-order valence-corrected chi connectivity index (χ1v) is 4.89. The van der Waals surface area contributed by atoms with E-state index in [4.69, 9.17) is 10.5 Å². The predicted octanol–water partition coefficient (Wildman–Crippen LogP) is 2.64. The zero-order valence-electron chi connectivity index (χ0n) is 9.64. The fourth-order valence-electron chi connectivity index (χ4n) is 1.98. The maximum Gasteiger partial charge on any atom is 0.122 e. The van der Waals surface area contributed by atoms with E-state index in [0.717, 1.165) is 5.75 Å². The molecule has 1 aromatic carbocycles. The molecule has 1 aromatic rings. The Morgan fingerprint density at radius 3 is 2.21 bits per heavy atom. The molecule has 0 amide bonds. The van der Waals surface area contributed by atoms with Gasteiger partial charge in [-0.25, -0.2) is 0 Å². The van der Waals surface area contributed by atoms with E-state index in [1.807, 2.05) is 6.92 Å². The van der Waals surface area contributed by atoms with E-state index in [-0.39, 0.29) is 6.04 Å². The number of ether oxygens (including phenoxy) is 1. The monoisotopic (exact) mass is 193 g/mol. The Labute approximate surface area is 86.1 Å². The number of rotatable bonds is 2. The lowest BCUT2D eigenvalue weighted by Gasteiger charge is -2.18. The molecule has 0 bridgehead atoms. The Kier molecular flexibility index (Phi) is 3.17. The highest BCUT2D eigenvalue weighted by Crippen LogP contribution is 2.30. The van der Waals surface area contributed by atoms with Crippen molar-refractivity contribution in [3.05, 3.63) is 28.3 Å². The van der Waals surface area contributed by atoms with Crippen molar-refractivity contribution in [3.63, 3.8) is 0 Å². The molecule has 0 heterocycles. The van der Waals surface area contributed by atoms with Gasteiger partial charge in [-0.2, -0.15) is 0 Å². The third-order valence-electron chi connectivity index (χ3n) is 2.78. The molecule has 0 unspecified atom stereocenters. The summed E-state index contributed by atoms with van der Waals surface area (Å²) in [6.07, 6.45) is 0. The van der Waals surface area contributed by atoms with E-state index in [9.17, 15) is 0 Å². The summed E-state index contributed by atoms with van der Waals surface area (Å²) in [6.45, 7) is 8.26. The highest BCUT2D eigenvalue weighted by Gasteiger charge is 2.12. The summed E-state index contributed by atoms with van der Waals surface area (Å²) in [5, 5.41) is 0. The van der Waals surface area contributed by atoms with Crippen molar-refractivity contribution in [2.24, 2.45) is 5.73 Å². The smallest absolute Gasteiger partial charge is 0.122 e. The molecule has 0 radical (unpaired) electrons. The van der Waals surface area contributed by atoms with Crippen LogP contribution in [0.5, 0.6) is 5.75 Å². The van der Waals surface area contributed by atoms with Crippen LogP contribution < -0.4 is 10.5 Å². The Hall–Kier alpha value is -1.02. The van der Waals surface area contributed by atoms with E-state index < -0.39 is 0 Å². The summed E-state index contributed by atoms with van der Waals surface area (Å²) < 4.78 is 5.30. The lowest BCUT2D eigenvalue weighted by atomic mass is 9.93. The minimum absolute atomic E-state index is 0.0830. The van der Waals surface area contributed by atoms with Crippen molar-refractivity contribution in [2.45, 2.75) is 33.7 Å². The standard InChI is InChI=1S/C12H19NO/c1-7-6-11(14-5)8(2)9(3)12(7)10(4)13/h6,10H,13H2,1-5H3/t10-/m0/s1. The van der Waals surface area contributed by atoms with Gasteiger partial charge < -0.3 is 10.5 Å². The van der Waals surface area contributed by atoms with E-state index in [1.165, 1.54) is 22.3 Å². The molecule has 1 rings (SSSR count). The van der Waals surface area contributed by atoms with Gasteiger partial charge in [0.2, 0.25) is 0 Å². The fraction of sp³-hybridized carbons (Fsp3) is 0.500. The first-order valence-electron chi connectivity index (χ1n) is 4.89. The van der Waals surface area contributed by atoms with Crippen molar-refractivity contribution in [2.75, 3.05) is 7.11 Å². The highest BCUT2D eigenvalue weighted by molar-refractivity contribution is 5.49. The van der Waals surface area contributed by atoms with Crippen LogP contribution in [0.2, 0.25) is 0 Å². The number of benzene rings is 1. The third kappa shape index (κ3) is 1.75. The fourth-order valence-corrected chi connectivity index (χ4v) is 1.98. The number of aryl methyl sites for hydroxylation is 1. The maximum absolute atomic E-state index is 5.93. The Bertz CT molecular complexity index is 343. The maximum atomic E-state index is 5.93. The van der Waals surface area contributed by atoms with Gasteiger partial charge in [0, 0.05) is 6.04 Å². The van der Waals surface area contributed by atoms with Crippen LogP contribution >= 0.6 is 0 Å². The lowest BCUT2D eigenvalue weighted by Crippen LogP contribution is -2.10. The average Bonchev–Trinajstić information content (AvgIpc) is 2.10. The molecular formula is C12H19NO. The van der Waals surface area contributed by atoms with Crippen molar-refractivity contribution in [1.29, 1.82) is 0 Å². The van der Waals surface area contributed by atoms with Gasteiger partial charge >= 0.3 is 0 Å². The van der Waals surface area contributed by atoms with Crippen molar-refractivity contribution in [3.8, 4) is 5.75 Å². The van der Waals surface area contributed by atoms with Gasteiger partial charge in [0.15, 0.2) is 0 Å². The molecule has 0 spiro atoms. The third-order valence-corrected chi connectivity index (χ3v) is 2.78. The van der Waals surface area contributed by atoms with Crippen LogP contribution in [0.3, 0.4) is 0 Å². The van der Waals surface area contributed by atoms with Gasteiger partial charge in [0.05, 0.1) is 7.11 Å². The zero-order valence-corrected chi connectivity index (χ0v) is 9.64. The van der Waals surface area contributed by atoms with Crippen molar-refractivity contribution < 1.29 is 4.74 Å². The summed E-state index contributed by atoms with van der Waals surface area (Å²) in [4.78, 5) is 0. The lowest BCUT2D eigenvalue weighted by molar-refractivity contribution is 0.410. The van der Waals surface area contributed by atoms with E-state index in [0.29, 0.717) is 0 Å². The quantitative estimate of drug-likeness (QED) is 0.783. The van der Waals surface area contributed by atoms with Gasteiger partial charge in [-0.15, -0.1) is 0 Å². The largest absolute Gasteiger partial charge is 0.496 e. The van der Waals surface area contributed by atoms with Crippen LogP contribution in [0.4, 0.5) is 0 Å². The Balaban J connectivity index is 3.41. The molecule has 0 saturated carbocycles. The van der Waals surface area contributed by atoms with Crippen LogP contribution in [0.25, 0.3) is 0 Å². The first kappa shape index (κ1) is 11.1. The zero-order chi connectivity index (χ0) is 10.9. The Morgan fingerprint density at radius 1 is 1.21 bits per heavy atom. The highest BCUT2D eigenvalue weighted by atomic mass is 16.5. The van der Waals surface area contributed by atoms with Gasteiger partial charge in [-0.05, 0) is 56.0 Å². The minimum atomic E-state index is 0.0830. The molecule has 0 aliphatic carbocycles. The molecule has 0 aliphatic heterocycles. The van der Waals surface area contributed by atoms with Gasteiger partial charge in [0.25, 0.3) is 0 Å². The molecule has 0 aliphatic rings. The first-order chi connectivity index (χ1) is 6.49. The van der Waals surface area contributed by atoms with Crippen molar-refractivity contribution in [1.82, 2.24) is 0 Å². The number of hydrogen-bond acceptors (Lipinski definition) is 2. The molecule has 1 atom stereocenters. The van der Waals surface area contributed by atoms with Crippen LogP contribution in [-0.2, 0) is 0 Å². The van der Waals surface area contributed by atoms with E-state index in [1.54, 1.807) is 7.11 Å². The summed E-state index contributed by atoms with van der Waals surface area (Å²) in [5.41, 5.74) is 10.8. The SMILES string of the molecule is COc1cc(C)c([C@H](C)N)c(C)c1C. The van der Waals surface area contributed by atoms with Crippen LogP contribution in [0, 0.1) is 20.8 Å². The molecule has 78 valence electrons. The molecule has 0 aromatic heterocycles. The molecule has 14 heavy (non-hydrogen) atoms. The number of nitrogens with two attached hydrogens (primary N) is 1. The molecule has 0 saturated heterocycles. The summed E-state index contributed by atoms with van der Waals surface area (Å²) in [6, 6.07) is 2.14. The Morgan fingerprint density at radius 2 is 1.79 bits per heavy atom. The van der Waals surface area contributed by atoms with E-state index in [2.05, 4.69) is 26.8 Å². The summed E-state index contributed by atoms with van der Waals surface area (Å²) >= 11 is 0. The number of methoxy groups -OCH3 is 1. The van der Waals surface area contributed by atoms with Crippen LogP contribution in [-0.4, -0.2) is 7.11 Å². The molecule has 2 nitrogen and oxygen atoms in total. The van der Waals surface area contributed by atoms with Crippen molar-refractivity contribution >= 4 is 0 Å². The van der Waals surface area contributed by atoms with Gasteiger partial charge in [0.1, 0.15) is 5.75 Å². The van der Waals surface area contributed by atoms with E-state index >= 15 is 0 Å². The average molecular weight is 193 g/mol. The van der Waals surface area contributed by atoms with Gasteiger partial charge in [-0.3, -0.25) is 0 Å². The molecular weight excluding hydrogens is 174 g/mol. The molecule has 2 N–H and O–H groups in total. The molecule has 0 fully saturated rings. The molecule has 2 heteroatoms. The number of hydrogen-bond donors (Lipinski definition) is 1. The topological polar surface area (TPSA) is 35.2 Å². The second-order valence-corrected chi connectivity index (χ2v) is 3.85. The summed E-state index contributed by atoms with van der Waals surface area (Å²) in [5.74, 6) is 0.949. The predicted molar refractivity (Wildman–Crippen MR) is 59.8 cm³/mol. The second kappa shape index (κ2) is 4.01.